The second-order valence-corrected chi connectivity index (χ2v) is 4.53. The summed E-state index contributed by atoms with van der Waals surface area (Å²) in [5, 5.41) is 0. The van der Waals surface area contributed by atoms with Crippen molar-refractivity contribution in [3.63, 3.8) is 0 Å². The first-order valence-corrected chi connectivity index (χ1v) is 6.69. The SMILES string of the molecule is CSc1ccccc1OC(C)CCC(=O)NN. The molecule has 0 heterocycles. The molecular formula is C12H18N2O2S. The molecule has 3 N–H and O–H groups in total. The number of hydrogen-bond acceptors (Lipinski definition) is 4. The highest BCUT2D eigenvalue weighted by Gasteiger charge is 2.09. The van der Waals surface area contributed by atoms with E-state index in [0.717, 1.165) is 10.6 Å². The van der Waals surface area contributed by atoms with Crippen molar-refractivity contribution < 1.29 is 9.53 Å². The molecule has 1 amide bonds. The molecule has 0 aliphatic rings. The lowest BCUT2D eigenvalue weighted by molar-refractivity contribution is -0.121. The number of amides is 1. The molecule has 1 unspecified atom stereocenters. The number of ether oxygens (including phenoxy) is 1. The third kappa shape index (κ3) is 4.66. The molecule has 94 valence electrons. The Morgan fingerprint density at radius 1 is 1.53 bits per heavy atom. The van der Waals surface area contributed by atoms with Crippen LogP contribution in [-0.2, 0) is 4.79 Å². The molecule has 0 aliphatic carbocycles. The predicted octanol–water partition coefficient (Wildman–Crippen LogP) is 1.95. The number of rotatable bonds is 6. The lowest BCUT2D eigenvalue weighted by atomic mass is 10.2. The van der Waals surface area contributed by atoms with Gasteiger partial charge in [-0.05, 0) is 31.7 Å². The molecule has 0 saturated heterocycles. The summed E-state index contributed by atoms with van der Waals surface area (Å²) in [6.07, 6.45) is 3.01. The summed E-state index contributed by atoms with van der Waals surface area (Å²) in [5.41, 5.74) is 2.11. The molecule has 0 fully saturated rings. The van der Waals surface area contributed by atoms with E-state index in [4.69, 9.17) is 10.6 Å². The first-order chi connectivity index (χ1) is 8.17. The first kappa shape index (κ1) is 13.9. The fourth-order valence-electron chi connectivity index (χ4n) is 1.40. The molecule has 5 heteroatoms. The molecule has 0 radical (unpaired) electrons. The van der Waals surface area contributed by atoms with Crippen molar-refractivity contribution in [3.8, 4) is 5.75 Å². The van der Waals surface area contributed by atoms with Gasteiger partial charge >= 0.3 is 0 Å². The van der Waals surface area contributed by atoms with Crippen LogP contribution in [0.5, 0.6) is 5.75 Å². The van der Waals surface area contributed by atoms with Crippen molar-refractivity contribution in [1.82, 2.24) is 5.43 Å². The molecule has 1 rings (SSSR count). The lowest BCUT2D eigenvalue weighted by Gasteiger charge is -2.16. The number of carbonyl (C=O) groups excluding carboxylic acids is 1. The number of nitrogens with one attached hydrogen (secondary N) is 1. The minimum Gasteiger partial charge on any atom is -0.490 e. The second-order valence-electron chi connectivity index (χ2n) is 3.69. The summed E-state index contributed by atoms with van der Waals surface area (Å²) >= 11 is 1.64. The van der Waals surface area contributed by atoms with Gasteiger partial charge in [0.15, 0.2) is 0 Å². The Bertz CT molecular complexity index is 371. The van der Waals surface area contributed by atoms with Gasteiger partial charge in [-0.25, -0.2) is 5.84 Å². The standard InChI is InChI=1S/C12H18N2O2S/c1-9(7-8-12(15)14-13)16-10-5-3-4-6-11(10)17-2/h3-6,9H,7-8,13H2,1-2H3,(H,14,15). The zero-order valence-electron chi connectivity index (χ0n) is 10.1. The molecule has 0 saturated carbocycles. The van der Waals surface area contributed by atoms with Crippen LogP contribution in [0.25, 0.3) is 0 Å². The smallest absolute Gasteiger partial charge is 0.234 e. The van der Waals surface area contributed by atoms with Gasteiger partial charge in [0, 0.05) is 11.3 Å². The van der Waals surface area contributed by atoms with E-state index in [1.807, 2.05) is 37.4 Å². The van der Waals surface area contributed by atoms with Gasteiger partial charge in [0.25, 0.3) is 0 Å². The fraction of sp³-hybridized carbons (Fsp3) is 0.417. The molecule has 0 aliphatic heterocycles. The van der Waals surface area contributed by atoms with E-state index >= 15 is 0 Å². The second kappa shape index (κ2) is 7.19. The Labute approximate surface area is 106 Å². The average molecular weight is 254 g/mol. The normalized spacial score (nSPS) is 11.9. The predicted molar refractivity (Wildman–Crippen MR) is 69.9 cm³/mol. The largest absolute Gasteiger partial charge is 0.490 e. The summed E-state index contributed by atoms with van der Waals surface area (Å²) < 4.78 is 5.79. The van der Waals surface area contributed by atoms with Crippen LogP contribution in [0.1, 0.15) is 19.8 Å². The van der Waals surface area contributed by atoms with Gasteiger partial charge in [0.1, 0.15) is 5.75 Å². The van der Waals surface area contributed by atoms with Gasteiger partial charge < -0.3 is 4.74 Å². The van der Waals surface area contributed by atoms with Gasteiger partial charge in [-0.2, -0.15) is 0 Å². The van der Waals surface area contributed by atoms with Gasteiger partial charge in [-0.3, -0.25) is 10.2 Å². The third-order valence-electron chi connectivity index (χ3n) is 2.34. The molecule has 0 spiro atoms. The quantitative estimate of drug-likeness (QED) is 0.352. The van der Waals surface area contributed by atoms with E-state index in [9.17, 15) is 4.79 Å². The minimum absolute atomic E-state index is 0.0133. The van der Waals surface area contributed by atoms with Gasteiger partial charge in [-0.1, -0.05) is 12.1 Å². The summed E-state index contributed by atoms with van der Waals surface area (Å²) in [6.45, 7) is 1.95. The maximum atomic E-state index is 11.0. The first-order valence-electron chi connectivity index (χ1n) is 5.46. The molecule has 4 nitrogen and oxygen atoms in total. The van der Waals surface area contributed by atoms with E-state index < -0.39 is 0 Å². The summed E-state index contributed by atoms with van der Waals surface area (Å²) in [4.78, 5) is 12.1. The highest BCUT2D eigenvalue weighted by molar-refractivity contribution is 7.98. The zero-order chi connectivity index (χ0) is 12.7. The van der Waals surface area contributed by atoms with Gasteiger partial charge in [0.05, 0.1) is 6.10 Å². The van der Waals surface area contributed by atoms with E-state index in [-0.39, 0.29) is 12.0 Å². The summed E-state index contributed by atoms with van der Waals surface area (Å²) in [5.74, 6) is 5.71. The van der Waals surface area contributed by atoms with Crippen LogP contribution in [0.15, 0.2) is 29.2 Å². The molecule has 1 atom stereocenters. The highest BCUT2D eigenvalue weighted by Crippen LogP contribution is 2.28. The van der Waals surface area contributed by atoms with Crippen LogP contribution in [0.2, 0.25) is 0 Å². The number of para-hydroxylation sites is 1. The lowest BCUT2D eigenvalue weighted by Crippen LogP contribution is -2.30. The van der Waals surface area contributed by atoms with E-state index in [0.29, 0.717) is 12.8 Å². The topological polar surface area (TPSA) is 64.3 Å². The fourth-order valence-corrected chi connectivity index (χ4v) is 1.93. The average Bonchev–Trinajstić information content (AvgIpc) is 2.36. The van der Waals surface area contributed by atoms with Crippen molar-refractivity contribution in [2.75, 3.05) is 6.26 Å². The minimum atomic E-state index is -0.168. The Balaban J connectivity index is 2.50. The Hall–Kier alpha value is -1.20. The Kier molecular flexibility index (Phi) is 5.86. The van der Waals surface area contributed by atoms with Crippen molar-refractivity contribution in [1.29, 1.82) is 0 Å². The molecule has 0 bridgehead atoms. The van der Waals surface area contributed by atoms with E-state index in [1.54, 1.807) is 11.8 Å². The summed E-state index contributed by atoms with van der Waals surface area (Å²) in [6, 6.07) is 7.87. The van der Waals surface area contributed by atoms with E-state index in [2.05, 4.69) is 5.43 Å². The van der Waals surface area contributed by atoms with Crippen LogP contribution >= 0.6 is 11.8 Å². The van der Waals surface area contributed by atoms with Crippen LogP contribution in [-0.4, -0.2) is 18.3 Å². The van der Waals surface area contributed by atoms with Gasteiger partial charge in [-0.15, -0.1) is 11.8 Å². The molecule has 17 heavy (non-hydrogen) atoms. The van der Waals surface area contributed by atoms with Crippen LogP contribution in [0.3, 0.4) is 0 Å². The van der Waals surface area contributed by atoms with E-state index in [1.165, 1.54) is 0 Å². The molecular weight excluding hydrogens is 236 g/mol. The number of thioether (sulfide) groups is 1. The Morgan fingerprint density at radius 3 is 2.88 bits per heavy atom. The third-order valence-corrected chi connectivity index (χ3v) is 3.11. The zero-order valence-corrected chi connectivity index (χ0v) is 10.9. The highest BCUT2D eigenvalue weighted by atomic mass is 32.2. The monoisotopic (exact) mass is 254 g/mol. The Morgan fingerprint density at radius 2 is 2.24 bits per heavy atom. The number of nitrogens with two attached hydrogens (primary N) is 1. The van der Waals surface area contributed by atoms with Crippen molar-refractivity contribution in [3.05, 3.63) is 24.3 Å². The number of hydrogen-bond donors (Lipinski definition) is 2. The van der Waals surface area contributed by atoms with Crippen LogP contribution in [0, 0.1) is 0 Å². The van der Waals surface area contributed by atoms with Crippen molar-refractivity contribution in [2.45, 2.75) is 30.8 Å². The van der Waals surface area contributed by atoms with Crippen LogP contribution in [0.4, 0.5) is 0 Å². The molecule has 1 aromatic carbocycles. The number of hydrazine groups is 1. The van der Waals surface area contributed by atoms with Crippen molar-refractivity contribution in [2.24, 2.45) is 5.84 Å². The molecule has 1 aromatic rings. The number of benzene rings is 1. The van der Waals surface area contributed by atoms with Crippen molar-refractivity contribution >= 4 is 17.7 Å². The maximum absolute atomic E-state index is 11.0. The van der Waals surface area contributed by atoms with Crippen LogP contribution < -0.4 is 16.0 Å². The maximum Gasteiger partial charge on any atom is 0.234 e. The number of carbonyl (C=O) groups is 1. The van der Waals surface area contributed by atoms with Gasteiger partial charge in [0.2, 0.25) is 5.91 Å². The summed E-state index contributed by atoms with van der Waals surface area (Å²) in [7, 11) is 0. The molecule has 0 aromatic heterocycles.